The van der Waals surface area contributed by atoms with E-state index in [1.54, 1.807) is 24.3 Å². The minimum absolute atomic E-state index is 0.00920. The van der Waals surface area contributed by atoms with E-state index in [1.165, 1.54) is 11.8 Å². The van der Waals surface area contributed by atoms with Crippen molar-refractivity contribution in [3.05, 3.63) is 92.6 Å². The Labute approximate surface area is 197 Å². The highest BCUT2D eigenvalue weighted by Crippen LogP contribution is 2.48. The molecule has 0 radical (unpaired) electrons. The first-order chi connectivity index (χ1) is 15.3. The minimum Gasteiger partial charge on any atom is -0.352 e. The van der Waals surface area contributed by atoms with Crippen LogP contribution in [0.2, 0.25) is 5.02 Å². The predicted octanol–water partition coefficient (Wildman–Crippen LogP) is 6.02. The van der Waals surface area contributed by atoms with Gasteiger partial charge in [0.05, 0.1) is 28.3 Å². The maximum Gasteiger partial charge on any atom is 0.173 e. The van der Waals surface area contributed by atoms with Crippen LogP contribution in [-0.2, 0) is 4.79 Å². The van der Waals surface area contributed by atoms with E-state index >= 15 is 0 Å². The van der Waals surface area contributed by atoms with E-state index in [0.29, 0.717) is 39.6 Å². The number of nitriles is 1. The number of thioether (sulfide) groups is 1. The Morgan fingerprint density at radius 3 is 2.50 bits per heavy atom. The number of hydrogen-bond donors (Lipinski definition) is 1. The molecule has 0 saturated carbocycles. The third kappa shape index (κ3) is 4.53. The molecule has 4 rings (SSSR count). The lowest BCUT2D eigenvalue weighted by molar-refractivity contribution is -0.118. The van der Waals surface area contributed by atoms with Crippen LogP contribution in [0.5, 0.6) is 0 Å². The number of ketones is 2. The summed E-state index contributed by atoms with van der Waals surface area (Å²) in [5.41, 5.74) is 3.28. The largest absolute Gasteiger partial charge is 0.352 e. The Morgan fingerprint density at radius 1 is 1.16 bits per heavy atom. The summed E-state index contributed by atoms with van der Waals surface area (Å²) < 4.78 is 0. The smallest absolute Gasteiger partial charge is 0.173 e. The minimum atomic E-state index is -0.466. The number of Topliss-reactive ketones (excluding diaryl/α,β-unsaturated/α-hetero) is 2. The van der Waals surface area contributed by atoms with Crippen molar-refractivity contribution in [2.45, 2.75) is 32.6 Å². The second-order valence-electron chi connectivity index (χ2n) is 8.88. The van der Waals surface area contributed by atoms with Crippen LogP contribution in [0.1, 0.15) is 48.5 Å². The summed E-state index contributed by atoms with van der Waals surface area (Å²) in [5.74, 6) is -0.220. The van der Waals surface area contributed by atoms with Crippen LogP contribution in [0, 0.1) is 16.7 Å². The lowest BCUT2D eigenvalue weighted by Gasteiger charge is -2.39. The van der Waals surface area contributed by atoms with Gasteiger partial charge in [-0.3, -0.25) is 9.59 Å². The number of dihydropyridines is 1. The van der Waals surface area contributed by atoms with Gasteiger partial charge in [-0.15, -0.1) is 0 Å². The summed E-state index contributed by atoms with van der Waals surface area (Å²) in [6, 6.07) is 18.7. The van der Waals surface area contributed by atoms with E-state index in [-0.39, 0.29) is 22.7 Å². The molecule has 1 atom stereocenters. The number of hydrogen-bond acceptors (Lipinski definition) is 5. The molecule has 2 aromatic carbocycles. The average Bonchev–Trinajstić information content (AvgIpc) is 2.76. The van der Waals surface area contributed by atoms with Gasteiger partial charge in [0.2, 0.25) is 0 Å². The SMILES string of the molecule is CC1(C)CC(=O)C2=C(C1)NC(SCC(=O)c1ccccc1)=C(C#N)[C@@H]2c1ccc(Cl)cc1. The zero-order chi connectivity index (χ0) is 22.9. The number of benzene rings is 2. The molecule has 0 spiro atoms. The highest BCUT2D eigenvalue weighted by molar-refractivity contribution is 8.03. The summed E-state index contributed by atoms with van der Waals surface area (Å²) >= 11 is 7.40. The summed E-state index contributed by atoms with van der Waals surface area (Å²) in [4.78, 5) is 25.9. The van der Waals surface area contributed by atoms with Gasteiger partial charge in [-0.2, -0.15) is 5.26 Å². The van der Waals surface area contributed by atoms with Gasteiger partial charge in [0.15, 0.2) is 11.6 Å². The van der Waals surface area contributed by atoms with Crippen molar-refractivity contribution in [3.63, 3.8) is 0 Å². The molecule has 162 valence electrons. The number of carbonyl (C=O) groups excluding carboxylic acids is 2. The molecule has 0 saturated heterocycles. The molecule has 1 heterocycles. The third-order valence-corrected chi connectivity index (χ3v) is 7.04. The Kier molecular flexibility index (Phi) is 6.28. The van der Waals surface area contributed by atoms with Crippen molar-refractivity contribution >= 4 is 34.9 Å². The van der Waals surface area contributed by atoms with Crippen molar-refractivity contribution in [3.8, 4) is 6.07 Å². The normalized spacial score (nSPS) is 19.8. The molecule has 0 unspecified atom stereocenters. The molecule has 2 aromatic rings. The van der Waals surface area contributed by atoms with Crippen molar-refractivity contribution in [2.24, 2.45) is 5.41 Å². The monoisotopic (exact) mass is 462 g/mol. The molecule has 0 bridgehead atoms. The van der Waals surface area contributed by atoms with E-state index in [9.17, 15) is 14.9 Å². The lowest BCUT2D eigenvalue weighted by atomic mass is 9.69. The first-order valence-electron chi connectivity index (χ1n) is 10.4. The van der Waals surface area contributed by atoms with Gasteiger partial charge < -0.3 is 5.32 Å². The van der Waals surface area contributed by atoms with Gasteiger partial charge in [-0.1, -0.05) is 79.7 Å². The number of nitrogens with one attached hydrogen (secondary N) is 1. The van der Waals surface area contributed by atoms with Gasteiger partial charge in [0.25, 0.3) is 0 Å². The topological polar surface area (TPSA) is 70.0 Å². The van der Waals surface area contributed by atoms with Crippen molar-refractivity contribution in [1.82, 2.24) is 5.32 Å². The van der Waals surface area contributed by atoms with Gasteiger partial charge in [-0.05, 0) is 29.5 Å². The van der Waals surface area contributed by atoms with Crippen molar-refractivity contribution in [2.75, 3.05) is 5.75 Å². The quantitative estimate of drug-likeness (QED) is 0.550. The van der Waals surface area contributed by atoms with Gasteiger partial charge in [0.1, 0.15) is 0 Å². The second-order valence-corrected chi connectivity index (χ2v) is 10.3. The molecule has 2 aliphatic rings. The summed E-state index contributed by atoms with van der Waals surface area (Å²) in [7, 11) is 0. The van der Waals surface area contributed by atoms with Gasteiger partial charge >= 0.3 is 0 Å². The van der Waals surface area contributed by atoms with Crippen LogP contribution in [0.4, 0.5) is 0 Å². The fraction of sp³-hybridized carbons (Fsp3) is 0.269. The maximum atomic E-state index is 13.2. The fourth-order valence-corrected chi connectivity index (χ4v) is 5.41. The van der Waals surface area contributed by atoms with E-state index in [0.717, 1.165) is 11.3 Å². The summed E-state index contributed by atoms with van der Waals surface area (Å²) in [6.45, 7) is 4.14. The number of nitrogens with zero attached hydrogens (tertiary/aromatic N) is 1. The van der Waals surface area contributed by atoms with Crippen LogP contribution in [0.25, 0.3) is 0 Å². The van der Waals surface area contributed by atoms with Crippen LogP contribution < -0.4 is 5.32 Å². The third-order valence-electron chi connectivity index (χ3n) is 5.77. The lowest BCUT2D eigenvalue weighted by Crippen LogP contribution is -2.37. The van der Waals surface area contributed by atoms with Crippen LogP contribution in [0.3, 0.4) is 0 Å². The van der Waals surface area contributed by atoms with Crippen LogP contribution in [-0.4, -0.2) is 17.3 Å². The van der Waals surface area contributed by atoms with E-state index in [4.69, 9.17) is 11.6 Å². The average molecular weight is 463 g/mol. The van der Waals surface area contributed by atoms with Crippen molar-refractivity contribution < 1.29 is 9.59 Å². The fourth-order valence-electron chi connectivity index (χ4n) is 4.32. The highest BCUT2D eigenvalue weighted by Gasteiger charge is 2.41. The molecule has 1 aliphatic heterocycles. The molecule has 32 heavy (non-hydrogen) atoms. The first-order valence-corrected chi connectivity index (χ1v) is 11.8. The number of rotatable bonds is 5. The second kappa shape index (κ2) is 8.97. The standard InChI is InChI=1S/C26H23ClN2O2S/c1-26(2)12-20-24(21(30)13-26)23(17-8-10-18(27)11-9-17)19(14-28)25(29-20)32-15-22(31)16-6-4-3-5-7-16/h3-11,23,29H,12-13,15H2,1-2H3/t23-/m0/s1. The van der Waals surface area contributed by atoms with Crippen LogP contribution >= 0.6 is 23.4 Å². The zero-order valence-electron chi connectivity index (χ0n) is 17.9. The Bertz CT molecular complexity index is 1170. The Hall–Kier alpha value is -2.81. The van der Waals surface area contributed by atoms with Crippen LogP contribution in [0.15, 0.2) is 76.5 Å². The summed E-state index contributed by atoms with van der Waals surface area (Å²) in [5, 5.41) is 14.7. The van der Waals surface area contributed by atoms with E-state index in [2.05, 4.69) is 25.2 Å². The number of carbonyl (C=O) groups is 2. The molecular formula is C26H23ClN2O2S. The van der Waals surface area contributed by atoms with E-state index < -0.39 is 5.92 Å². The molecule has 0 aromatic heterocycles. The molecular weight excluding hydrogens is 440 g/mol. The zero-order valence-corrected chi connectivity index (χ0v) is 19.5. The molecule has 4 nitrogen and oxygen atoms in total. The molecule has 6 heteroatoms. The molecule has 0 fully saturated rings. The predicted molar refractivity (Wildman–Crippen MR) is 128 cm³/mol. The first kappa shape index (κ1) is 22.4. The maximum absolute atomic E-state index is 13.2. The van der Waals surface area contributed by atoms with Crippen molar-refractivity contribution in [1.29, 1.82) is 5.26 Å². The Morgan fingerprint density at radius 2 is 1.84 bits per heavy atom. The Balaban J connectivity index is 1.73. The van der Waals surface area contributed by atoms with Gasteiger partial charge in [0, 0.05) is 28.3 Å². The molecule has 0 amide bonds. The summed E-state index contributed by atoms with van der Waals surface area (Å²) in [6.07, 6.45) is 1.14. The van der Waals surface area contributed by atoms with E-state index in [1.807, 2.05) is 30.3 Å². The van der Waals surface area contributed by atoms with Gasteiger partial charge in [-0.25, -0.2) is 0 Å². The number of allylic oxidation sites excluding steroid dienone is 3. The number of halogens is 1. The molecule has 1 N–H and O–H groups in total. The highest BCUT2D eigenvalue weighted by atomic mass is 35.5. The molecule has 1 aliphatic carbocycles.